The lowest BCUT2D eigenvalue weighted by Crippen LogP contribution is -2.25. The number of hydrogen-bond donors (Lipinski definition) is 0. The Balaban J connectivity index is 1.54. The number of likely N-dealkylation sites (N-methyl/N-ethyl adjacent to an activating group) is 1. The Morgan fingerprint density at radius 3 is 2.70 bits per heavy atom. The zero-order valence-electron chi connectivity index (χ0n) is 18.1. The standard InChI is InChI=1S/C25H22BrN3O2S2/c1-28-12-11-19-21(14-28)31-23-22(19)24(32)29(13-16-5-3-2-4-6-16)25(27-23)33-15-20(30)17-7-9-18(26)10-8-17/h2-10H,11-15H2,1H3. The molecule has 33 heavy (non-hydrogen) atoms. The molecule has 2 aromatic heterocycles. The van der Waals surface area contributed by atoms with Gasteiger partial charge in [-0.2, -0.15) is 4.98 Å². The lowest BCUT2D eigenvalue weighted by atomic mass is 10.1. The molecule has 4 aromatic rings. The van der Waals surface area contributed by atoms with Gasteiger partial charge in [0.1, 0.15) is 10.4 Å². The summed E-state index contributed by atoms with van der Waals surface area (Å²) in [7, 11) is 2.09. The molecule has 0 bridgehead atoms. The number of furan rings is 1. The molecule has 0 amide bonds. The van der Waals surface area contributed by atoms with Crippen molar-refractivity contribution in [3.05, 3.63) is 86.2 Å². The normalized spacial score (nSPS) is 13.9. The van der Waals surface area contributed by atoms with Crippen molar-refractivity contribution < 1.29 is 9.21 Å². The van der Waals surface area contributed by atoms with Gasteiger partial charge in [0.15, 0.2) is 10.9 Å². The second-order valence-electron chi connectivity index (χ2n) is 8.16. The summed E-state index contributed by atoms with van der Waals surface area (Å²) in [6, 6.07) is 17.6. The highest BCUT2D eigenvalue weighted by molar-refractivity contribution is 9.10. The highest BCUT2D eigenvalue weighted by Crippen LogP contribution is 2.33. The molecule has 0 aliphatic carbocycles. The van der Waals surface area contributed by atoms with E-state index in [0.717, 1.165) is 45.3 Å². The summed E-state index contributed by atoms with van der Waals surface area (Å²) in [5.41, 5.74) is 3.55. The number of Topliss-reactive ketones (excluding diaryl/α,β-unsaturated/α-hetero) is 1. The molecule has 168 valence electrons. The topological polar surface area (TPSA) is 51.3 Å². The summed E-state index contributed by atoms with van der Waals surface area (Å²) in [6.07, 6.45) is 0.893. The van der Waals surface area contributed by atoms with Gasteiger partial charge in [-0.15, -0.1) is 0 Å². The van der Waals surface area contributed by atoms with E-state index in [0.29, 0.717) is 23.0 Å². The van der Waals surface area contributed by atoms with E-state index >= 15 is 0 Å². The van der Waals surface area contributed by atoms with E-state index in [9.17, 15) is 4.79 Å². The van der Waals surface area contributed by atoms with Crippen molar-refractivity contribution in [2.45, 2.75) is 24.7 Å². The van der Waals surface area contributed by atoms with E-state index < -0.39 is 0 Å². The maximum Gasteiger partial charge on any atom is 0.231 e. The van der Waals surface area contributed by atoms with Crippen LogP contribution in [0.2, 0.25) is 0 Å². The quantitative estimate of drug-likeness (QED) is 0.127. The molecule has 0 saturated heterocycles. The van der Waals surface area contributed by atoms with Gasteiger partial charge in [-0.05, 0) is 31.2 Å². The third kappa shape index (κ3) is 4.71. The van der Waals surface area contributed by atoms with Gasteiger partial charge in [0.25, 0.3) is 0 Å². The van der Waals surface area contributed by atoms with Gasteiger partial charge < -0.3 is 8.98 Å². The third-order valence-electron chi connectivity index (χ3n) is 5.80. The minimum Gasteiger partial charge on any atom is -0.441 e. The van der Waals surface area contributed by atoms with Crippen LogP contribution in [0.25, 0.3) is 11.1 Å². The first-order valence-corrected chi connectivity index (χ1v) is 12.9. The summed E-state index contributed by atoms with van der Waals surface area (Å²) < 4.78 is 9.86. The Kier molecular flexibility index (Phi) is 6.51. The SMILES string of the molecule is CN1CCc2c(oc3nc(SCC(=O)c4ccc(Br)cc4)n(Cc4ccccc4)c(=S)c23)C1. The molecule has 0 fully saturated rings. The van der Waals surface area contributed by atoms with Crippen LogP contribution in [0.1, 0.15) is 27.2 Å². The zero-order chi connectivity index (χ0) is 22.9. The molecule has 1 aliphatic rings. The highest BCUT2D eigenvalue weighted by Gasteiger charge is 2.24. The average Bonchev–Trinajstić information content (AvgIpc) is 3.18. The highest BCUT2D eigenvalue weighted by atomic mass is 79.9. The Hall–Kier alpha value is -2.26. The first-order valence-electron chi connectivity index (χ1n) is 10.7. The predicted molar refractivity (Wildman–Crippen MR) is 138 cm³/mol. The number of benzene rings is 2. The molecule has 5 nitrogen and oxygen atoms in total. The minimum atomic E-state index is 0.0481. The molecular weight excluding hydrogens is 518 g/mol. The molecule has 0 atom stereocenters. The Labute approximate surface area is 209 Å². The predicted octanol–water partition coefficient (Wildman–Crippen LogP) is 6.13. The van der Waals surface area contributed by atoms with E-state index in [1.165, 1.54) is 17.3 Å². The van der Waals surface area contributed by atoms with Gasteiger partial charge in [0.05, 0.1) is 24.2 Å². The fraction of sp³-hybridized carbons (Fsp3) is 0.240. The fourth-order valence-electron chi connectivity index (χ4n) is 4.05. The lowest BCUT2D eigenvalue weighted by molar-refractivity contribution is 0.102. The molecule has 0 spiro atoms. The smallest absolute Gasteiger partial charge is 0.231 e. The van der Waals surface area contributed by atoms with Gasteiger partial charge in [-0.3, -0.25) is 9.69 Å². The van der Waals surface area contributed by atoms with Crippen LogP contribution in [0, 0.1) is 4.64 Å². The number of halogens is 1. The van der Waals surface area contributed by atoms with E-state index in [-0.39, 0.29) is 11.5 Å². The number of fused-ring (bicyclic) bond motifs is 3. The monoisotopic (exact) mass is 539 g/mol. The van der Waals surface area contributed by atoms with Crippen molar-refractivity contribution in [1.82, 2.24) is 14.5 Å². The second kappa shape index (κ2) is 9.54. The Morgan fingerprint density at radius 1 is 1.18 bits per heavy atom. The summed E-state index contributed by atoms with van der Waals surface area (Å²) in [6.45, 7) is 2.31. The van der Waals surface area contributed by atoms with Crippen LogP contribution in [0.15, 0.2) is 68.6 Å². The van der Waals surface area contributed by atoms with E-state index in [1.54, 1.807) is 0 Å². The van der Waals surface area contributed by atoms with Crippen molar-refractivity contribution in [2.24, 2.45) is 0 Å². The van der Waals surface area contributed by atoms with Gasteiger partial charge in [-0.1, -0.05) is 82.4 Å². The molecule has 0 saturated carbocycles. The number of aromatic nitrogens is 2. The first-order chi connectivity index (χ1) is 16.0. The zero-order valence-corrected chi connectivity index (χ0v) is 21.3. The van der Waals surface area contributed by atoms with Crippen LogP contribution >= 0.6 is 39.9 Å². The van der Waals surface area contributed by atoms with E-state index in [2.05, 4.69) is 40.0 Å². The van der Waals surface area contributed by atoms with E-state index in [4.69, 9.17) is 21.6 Å². The van der Waals surface area contributed by atoms with Crippen LogP contribution in [0.5, 0.6) is 0 Å². The molecule has 2 aromatic carbocycles. The number of hydrogen-bond acceptors (Lipinski definition) is 6. The number of ketones is 1. The van der Waals surface area contributed by atoms with Gasteiger partial charge >= 0.3 is 0 Å². The van der Waals surface area contributed by atoms with Crippen LogP contribution < -0.4 is 0 Å². The van der Waals surface area contributed by atoms with Crippen molar-refractivity contribution in [3.8, 4) is 0 Å². The fourth-order valence-corrected chi connectivity index (χ4v) is 5.62. The number of rotatable bonds is 6. The average molecular weight is 541 g/mol. The van der Waals surface area contributed by atoms with Crippen LogP contribution in [0.4, 0.5) is 0 Å². The molecular formula is C25H22BrN3O2S2. The summed E-state index contributed by atoms with van der Waals surface area (Å²) in [4.78, 5) is 19.9. The van der Waals surface area contributed by atoms with Crippen LogP contribution in [-0.2, 0) is 19.5 Å². The molecule has 8 heteroatoms. The first kappa shape index (κ1) is 22.5. The summed E-state index contributed by atoms with van der Waals surface area (Å²) in [5.74, 6) is 1.26. The summed E-state index contributed by atoms with van der Waals surface area (Å²) in [5, 5.41) is 1.63. The number of thioether (sulfide) groups is 1. The van der Waals surface area contributed by atoms with Crippen molar-refractivity contribution in [2.75, 3.05) is 19.3 Å². The molecule has 0 radical (unpaired) electrons. The lowest BCUT2D eigenvalue weighted by Gasteiger charge is -2.20. The van der Waals surface area contributed by atoms with Crippen molar-refractivity contribution in [3.63, 3.8) is 0 Å². The molecule has 3 heterocycles. The number of carbonyl (C=O) groups is 1. The second-order valence-corrected chi connectivity index (χ2v) is 10.4. The van der Waals surface area contributed by atoms with Gasteiger partial charge in [0.2, 0.25) is 5.71 Å². The molecule has 0 N–H and O–H groups in total. The van der Waals surface area contributed by atoms with Crippen LogP contribution in [0.3, 0.4) is 0 Å². The summed E-state index contributed by atoms with van der Waals surface area (Å²) >= 11 is 10.8. The minimum absolute atomic E-state index is 0.0481. The maximum atomic E-state index is 12.8. The Bertz CT molecular complexity index is 1380. The molecule has 5 rings (SSSR count). The number of carbonyl (C=O) groups excluding carboxylic acids is 1. The molecule has 1 aliphatic heterocycles. The van der Waals surface area contributed by atoms with Gasteiger partial charge in [0, 0.05) is 22.1 Å². The van der Waals surface area contributed by atoms with E-state index in [1.807, 2.05) is 47.0 Å². The van der Waals surface area contributed by atoms with Crippen molar-refractivity contribution >= 4 is 56.8 Å². The number of nitrogens with zero attached hydrogens (tertiary/aromatic N) is 3. The van der Waals surface area contributed by atoms with Crippen molar-refractivity contribution in [1.29, 1.82) is 0 Å². The largest absolute Gasteiger partial charge is 0.441 e. The molecule has 0 unspecified atom stereocenters. The van der Waals surface area contributed by atoms with Gasteiger partial charge in [-0.25, -0.2) is 0 Å². The van der Waals surface area contributed by atoms with Crippen LogP contribution in [-0.4, -0.2) is 39.6 Å². The third-order valence-corrected chi connectivity index (χ3v) is 7.73. The maximum absolute atomic E-state index is 12.8. The Morgan fingerprint density at radius 2 is 1.94 bits per heavy atom.